The van der Waals surface area contributed by atoms with Gasteiger partial charge in [-0.05, 0) is 67.6 Å². The van der Waals surface area contributed by atoms with E-state index in [0.717, 1.165) is 28.4 Å². The lowest BCUT2D eigenvalue weighted by Gasteiger charge is -2.30. The van der Waals surface area contributed by atoms with E-state index in [0.29, 0.717) is 41.8 Å². The average Bonchev–Trinajstić information content (AvgIpc) is 2.71. The molecule has 0 spiro atoms. The van der Waals surface area contributed by atoms with Crippen LogP contribution in [0.5, 0.6) is 5.75 Å². The molecule has 6 nitrogen and oxygen atoms in total. The lowest BCUT2D eigenvalue weighted by Crippen LogP contribution is -2.29. The number of Topliss-reactive ketones (excluding diaryl/α,β-unsaturated/α-hetero) is 1. The normalized spacial score (nSPS) is 14.6. The zero-order chi connectivity index (χ0) is 22.9. The van der Waals surface area contributed by atoms with Crippen LogP contribution in [0.2, 0.25) is 5.02 Å². The number of hydrogen-bond acceptors (Lipinski definition) is 6. The predicted molar refractivity (Wildman–Crippen MR) is 129 cm³/mol. The fourth-order valence-electron chi connectivity index (χ4n) is 3.91. The van der Waals surface area contributed by atoms with Gasteiger partial charge in [0.25, 0.3) is 0 Å². The molecule has 166 valence electrons. The lowest BCUT2D eigenvalue weighted by atomic mass is 9.75. The van der Waals surface area contributed by atoms with Crippen molar-refractivity contribution >= 4 is 40.5 Å². The molecule has 0 atom stereocenters. The second-order valence-corrected chi connectivity index (χ2v) is 9.19. The standard InChI is InChI=1S/C25H27ClN4O2/c1-5-32-17-11-9-16(10-12-17)27-24-29-20-13-25(3,4)14-21(31)22(20)23(30-24)28-19-8-6-7-18(26)15(19)2/h6-12H,5,13-14H2,1-4H3,(H2,27,28,29,30). The van der Waals surface area contributed by atoms with Crippen molar-refractivity contribution < 1.29 is 9.53 Å². The van der Waals surface area contributed by atoms with Gasteiger partial charge in [0.2, 0.25) is 5.95 Å². The molecule has 0 saturated carbocycles. The van der Waals surface area contributed by atoms with E-state index in [1.165, 1.54) is 0 Å². The fourth-order valence-corrected chi connectivity index (χ4v) is 4.09. The maximum Gasteiger partial charge on any atom is 0.229 e. The summed E-state index contributed by atoms with van der Waals surface area (Å²) < 4.78 is 5.51. The van der Waals surface area contributed by atoms with Crippen LogP contribution in [0.15, 0.2) is 42.5 Å². The minimum Gasteiger partial charge on any atom is -0.494 e. The fraction of sp³-hybridized carbons (Fsp3) is 0.320. The van der Waals surface area contributed by atoms with Crippen LogP contribution < -0.4 is 15.4 Å². The van der Waals surface area contributed by atoms with Gasteiger partial charge in [-0.3, -0.25) is 4.79 Å². The quantitative estimate of drug-likeness (QED) is 0.447. The van der Waals surface area contributed by atoms with Gasteiger partial charge < -0.3 is 15.4 Å². The topological polar surface area (TPSA) is 76.1 Å². The number of ether oxygens (including phenoxy) is 1. The van der Waals surface area contributed by atoms with Crippen molar-refractivity contribution in [3.05, 3.63) is 64.3 Å². The van der Waals surface area contributed by atoms with Crippen molar-refractivity contribution in [1.82, 2.24) is 9.97 Å². The number of rotatable bonds is 6. The zero-order valence-corrected chi connectivity index (χ0v) is 19.5. The molecule has 1 aromatic heterocycles. The molecule has 2 aromatic carbocycles. The number of halogens is 1. The molecule has 1 heterocycles. The Balaban J connectivity index is 1.74. The minimum absolute atomic E-state index is 0.0473. The first-order valence-electron chi connectivity index (χ1n) is 10.7. The van der Waals surface area contributed by atoms with Crippen LogP contribution >= 0.6 is 11.6 Å². The molecule has 7 heteroatoms. The molecule has 32 heavy (non-hydrogen) atoms. The van der Waals surface area contributed by atoms with E-state index >= 15 is 0 Å². The number of benzene rings is 2. The Labute approximate surface area is 193 Å². The summed E-state index contributed by atoms with van der Waals surface area (Å²) in [6, 6.07) is 13.2. The number of hydrogen-bond donors (Lipinski definition) is 2. The summed E-state index contributed by atoms with van der Waals surface area (Å²) in [6.07, 6.45) is 1.15. The average molecular weight is 451 g/mol. The summed E-state index contributed by atoms with van der Waals surface area (Å²) in [7, 11) is 0. The minimum atomic E-state index is -0.155. The van der Waals surface area contributed by atoms with E-state index in [-0.39, 0.29) is 11.2 Å². The molecule has 1 aliphatic carbocycles. The van der Waals surface area contributed by atoms with E-state index < -0.39 is 0 Å². The number of anilines is 4. The number of ketones is 1. The van der Waals surface area contributed by atoms with Gasteiger partial charge in [-0.15, -0.1) is 0 Å². The SMILES string of the molecule is CCOc1ccc(Nc2nc3c(c(Nc4cccc(Cl)c4C)n2)C(=O)CC(C)(C)C3)cc1. The van der Waals surface area contributed by atoms with Crippen molar-refractivity contribution in [1.29, 1.82) is 0 Å². The van der Waals surface area contributed by atoms with Gasteiger partial charge in [0.15, 0.2) is 5.78 Å². The third-order valence-electron chi connectivity index (χ3n) is 5.49. The predicted octanol–water partition coefficient (Wildman–Crippen LogP) is 6.48. The van der Waals surface area contributed by atoms with Crippen LogP contribution in [0.1, 0.15) is 48.8 Å². The van der Waals surface area contributed by atoms with Gasteiger partial charge in [0.05, 0.1) is 17.9 Å². The molecule has 0 aliphatic heterocycles. The Hall–Kier alpha value is -3.12. The summed E-state index contributed by atoms with van der Waals surface area (Å²) in [6.45, 7) is 8.67. The van der Waals surface area contributed by atoms with E-state index in [4.69, 9.17) is 21.3 Å². The maximum absolute atomic E-state index is 13.1. The van der Waals surface area contributed by atoms with Crippen LogP contribution in [0.4, 0.5) is 23.1 Å². The summed E-state index contributed by atoms with van der Waals surface area (Å²) >= 11 is 6.30. The number of carbonyl (C=O) groups excluding carboxylic acids is 1. The van der Waals surface area contributed by atoms with E-state index in [1.54, 1.807) is 0 Å². The second-order valence-electron chi connectivity index (χ2n) is 8.78. The second kappa shape index (κ2) is 8.79. The number of fused-ring (bicyclic) bond motifs is 1. The van der Waals surface area contributed by atoms with Crippen LogP contribution in [0.25, 0.3) is 0 Å². The largest absolute Gasteiger partial charge is 0.494 e. The third kappa shape index (κ3) is 4.70. The molecule has 0 fully saturated rings. The number of aromatic nitrogens is 2. The molecule has 2 N–H and O–H groups in total. The monoisotopic (exact) mass is 450 g/mol. The highest BCUT2D eigenvalue weighted by molar-refractivity contribution is 6.31. The van der Waals surface area contributed by atoms with E-state index in [9.17, 15) is 4.79 Å². The van der Waals surface area contributed by atoms with Crippen LogP contribution in [0.3, 0.4) is 0 Å². The number of carbonyl (C=O) groups is 1. The zero-order valence-electron chi connectivity index (χ0n) is 18.8. The van der Waals surface area contributed by atoms with Crippen molar-refractivity contribution in [2.24, 2.45) is 5.41 Å². The Bertz CT molecular complexity index is 1160. The molecule has 0 amide bonds. The number of nitrogens with zero attached hydrogens (tertiary/aromatic N) is 2. The van der Waals surface area contributed by atoms with Gasteiger partial charge in [0, 0.05) is 22.8 Å². The van der Waals surface area contributed by atoms with Gasteiger partial charge >= 0.3 is 0 Å². The van der Waals surface area contributed by atoms with Crippen LogP contribution in [-0.2, 0) is 6.42 Å². The highest BCUT2D eigenvalue weighted by Crippen LogP contribution is 2.38. The highest BCUT2D eigenvalue weighted by Gasteiger charge is 2.35. The van der Waals surface area contributed by atoms with Crippen molar-refractivity contribution in [3.8, 4) is 5.75 Å². The first-order valence-corrected chi connectivity index (χ1v) is 11.1. The molecule has 1 aliphatic rings. The molecule has 0 bridgehead atoms. The first kappa shape index (κ1) is 22.1. The van der Waals surface area contributed by atoms with Gasteiger partial charge in [0.1, 0.15) is 11.6 Å². The molecular weight excluding hydrogens is 424 g/mol. The Morgan fingerprint density at radius 1 is 1.06 bits per heavy atom. The smallest absolute Gasteiger partial charge is 0.229 e. The third-order valence-corrected chi connectivity index (χ3v) is 5.90. The molecule has 3 aromatic rings. The van der Waals surface area contributed by atoms with Crippen LogP contribution in [-0.4, -0.2) is 22.4 Å². The van der Waals surface area contributed by atoms with E-state index in [2.05, 4.69) is 29.5 Å². The van der Waals surface area contributed by atoms with Crippen molar-refractivity contribution in [2.75, 3.05) is 17.2 Å². The lowest BCUT2D eigenvalue weighted by molar-refractivity contribution is 0.0911. The first-order chi connectivity index (χ1) is 15.3. The molecule has 4 rings (SSSR count). The van der Waals surface area contributed by atoms with Crippen LogP contribution in [0, 0.1) is 12.3 Å². The molecule has 0 saturated heterocycles. The Kier molecular flexibility index (Phi) is 6.07. The van der Waals surface area contributed by atoms with Gasteiger partial charge in [-0.1, -0.05) is 31.5 Å². The van der Waals surface area contributed by atoms with E-state index in [1.807, 2.05) is 56.3 Å². The summed E-state index contributed by atoms with van der Waals surface area (Å²) in [5.74, 6) is 1.77. The molecule has 0 unspecified atom stereocenters. The maximum atomic E-state index is 13.1. The highest BCUT2D eigenvalue weighted by atomic mass is 35.5. The Morgan fingerprint density at radius 2 is 1.81 bits per heavy atom. The molecular formula is C25H27ClN4O2. The summed E-state index contributed by atoms with van der Waals surface area (Å²) in [4.78, 5) is 22.4. The van der Waals surface area contributed by atoms with Gasteiger partial charge in [-0.25, -0.2) is 4.98 Å². The van der Waals surface area contributed by atoms with Crippen molar-refractivity contribution in [3.63, 3.8) is 0 Å². The van der Waals surface area contributed by atoms with Gasteiger partial charge in [-0.2, -0.15) is 4.98 Å². The summed E-state index contributed by atoms with van der Waals surface area (Å²) in [5.41, 5.74) is 3.68. The number of nitrogens with one attached hydrogen (secondary N) is 2. The Morgan fingerprint density at radius 3 is 2.53 bits per heavy atom. The molecule has 0 radical (unpaired) electrons. The summed E-state index contributed by atoms with van der Waals surface area (Å²) in [5, 5.41) is 7.25. The van der Waals surface area contributed by atoms with Crippen molar-refractivity contribution in [2.45, 2.75) is 40.5 Å².